The number of thioether (sulfide) groups is 1. The number of thiocarbonyl (C=S) groups is 1. The first-order valence-electron chi connectivity index (χ1n) is 9.54. The molecule has 0 radical (unpaired) electrons. The van der Waals surface area contributed by atoms with E-state index in [1.54, 1.807) is 18.5 Å². The van der Waals surface area contributed by atoms with Crippen LogP contribution in [0.15, 0.2) is 9.70 Å². The van der Waals surface area contributed by atoms with Gasteiger partial charge < -0.3 is 4.90 Å². The summed E-state index contributed by atoms with van der Waals surface area (Å²) in [5.41, 5.74) is 1.32. The maximum Gasteiger partial charge on any atom is 0.270 e. The van der Waals surface area contributed by atoms with Crippen molar-refractivity contribution in [3.63, 3.8) is 0 Å². The first-order valence-corrected chi connectivity index (χ1v) is 10.8. The summed E-state index contributed by atoms with van der Waals surface area (Å²) >= 11 is 6.50. The molecule has 2 saturated heterocycles. The van der Waals surface area contributed by atoms with E-state index in [0.717, 1.165) is 50.2 Å². The van der Waals surface area contributed by atoms with Crippen LogP contribution in [0.5, 0.6) is 0 Å². The molecule has 0 spiro atoms. The quantitative estimate of drug-likeness (QED) is 0.542. The number of hydrogen-bond acceptors (Lipinski definition) is 6. The van der Waals surface area contributed by atoms with Crippen LogP contribution in [0.1, 0.15) is 49.3 Å². The molecule has 1 aromatic heterocycles. The Balaban J connectivity index is 2.27. The Kier molecular flexibility index (Phi) is 6.26. The Morgan fingerprint density at radius 1 is 1.29 bits per heavy atom. The first kappa shape index (κ1) is 20.6. The van der Waals surface area contributed by atoms with E-state index in [0.29, 0.717) is 21.3 Å². The summed E-state index contributed by atoms with van der Waals surface area (Å²) in [5.74, 6) is 0.681. The fraction of sp³-hybridized carbons (Fsp3) is 0.500. The second-order valence-electron chi connectivity index (χ2n) is 7.09. The number of aromatic nitrogens is 1. The number of carbonyl (C=O) groups is 1. The number of amides is 1. The third-order valence-corrected chi connectivity index (χ3v) is 6.73. The van der Waals surface area contributed by atoms with Crippen molar-refractivity contribution in [1.82, 2.24) is 9.47 Å². The Hall–Kier alpha value is -2.11. The maximum atomic E-state index is 13.1. The minimum absolute atomic E-state index is 0.147. The molecular formula is C20H24N4O2S2. The van der Waals surface area contributed by atoms with Crippen molar-refractivity contribution in [3.8, 4) is 6.07 Å². The molecular weight excluding hydrogens is 392 g/mol. The van der Waals surface area contributed by atoms with Crippen molar-refractivity contribution in [2.45, 2.75) is 46.1 Å². The molecule has 0 bridgehead atoms. The van der Waals surface area contributed by atoms with Gasteiger partial charge in [0.2, 0.25) is 0 Å². The van der Waals surface area contributed by atoms with Crippen molar-refractivity contribution in [2.75, 3.05) is 25.0 Å². The highest BCUT2D eigenvalue weighted by Gasteiger charge is 2.31. The lowest BCUT2D eigenvalue weighted by atomic mass is 10.0. The third-order valence-electron chi connectivity index (χ3n) is 5.25. The van der Waals surface area contributed by atoms with Crippen molar-refractivity contribution >= 4 is 46.1 Å². The van der Waals surface area contributed by atoms with E-state index in [1.807, 2.05) is 6.08 Å². The van der Waals surface area contributed by atoms with E-state index in [4.69, 9.17) is 12.2 Å². The molecule has 2 aliphatic heterocycles. The monoisotopic (exact) mass is 416 g/mol. The van der Waals surface area contributed by atoms with E-state index >= 15 is 0 Å². The van der Waals surface area contributed by atoms with E-state index in [9.17, 15) is 14.9 Å². The first-order chi connectivity index (χ1) is 13.4. The number of carbonyl (C=O) groups excluding carboxylic acids is 1. The second kappa shape index (κ2) is 8.50. The number of nitrogens with zero attached hydrogens (tertiary/aromatic N) is 4. The van der Waals surface area contributed by atoms with Crippen LogP contribution in [0.3, 0.4) is 0 Å². The average Bonchev–Trinajstić information content (AvgIpc) is 3.28. The van der Waals surface area contributed by atoms with Crippen LogP contribution in [0.4, 0.5) is 5.82 Å². The number of rotatable bonds is 5. The molecule has 8 heteroatoms. The van der Waals surface area contributed by atoms with Gasteiger partial charge in [0, 0.05) is 32.2 Å². The standard InChI is InChI=1S/C20H24N4O2S2/c1-4-5-10-24-17(23-8-6-7-9-23)14(13(2)15(12-21)18(24)25)11-16-19(26)22(3)20(27)28-16/h11H,4-10H2,1-3H3. The van der Waals surface area contributed by atoms with Gasteiger partial charge >= 0.3 is 0 Å². The van der Waals surface area contributed by atoms with E-state index < -0.39 is 0 Å². The predicted molar refractivity (Wildman–Crippen MR) is 117 cm³/mol. The van der Waals surface area contributed by atoms with Gasteiger partial charge in [0.1, 0.15) is 21.8 Å². The summed E-state index contributed by atoms with van der Waals surface area (Å²) in [6.07, 6.45) is 5.75. The predicted octanol–water partition coefficient (Wildman–Crippen LogP) is 3.26. The van der Waals surface area contributed by atoms with Gasteiger partial charge in [0.05, 0.1) is 4.91 Å². The van der Waals surface area contributed by atoms with Crippen LogP contribution in [0.2, 0.25) is 0 Å². The SMILES string of the molecule is CCCCn1c(N2CCCC2)c(C=C2SC(=S)N(C)C2=O)c(C)c(C#N)c1=O. The van der Waals surface area contributed by atoms with E-state index in [1.165, 1.54) is 16.7 Å². The molecule has 1 amide bonds. The zero-order chi connectivity index (χ0) is 20.4. The number of hydrogen-bond donors (Lipinski definition) is 0. The molecule has 6 nitrogen and oxygen atoms in total. The Bertz CT molecular complexity index is 952. The van der Waals surface area contributed by atoms with Crippen LogP contribution in [0.25, 0.3) is 6.08 Å². The Morgan fingerprint density at radius 2 is 1.96 bits per heavy atom. The highest BCUT2D eigenvalue weighted by Crippen LogP contribution is 2.35. The van der Waals surface area contributed by atoms with Crippen LogP contribution >= 0.6 is 24.0 Å². The van der Waals surface area contributed by atoms with Crippen molar-refractivity contribution < 1.29 is 4.79 Å². The van der Waals surface area contributed by atoms with Crippen molar-refractivity contribution in [3.05, 3.63) is 31.9 Å². The summed E-state index contributed by atoms with van der Waals surface area (Å²) in [4.78, 5) is 29.8. The number of anilines is 1. The molecule has 28 heavy (non-hydrogen) atoms. The number of likely N-dealkylation sites (N-methyl/N-ethyl adjacent to an activating group) is 1. The van der Waals surface area contributed by atoms with Crippen molar-refractivity contribution in [2.24, 2.45) is 0 Å². The summed E-state index contributed by atoms with van der Waals surface area (Å²) in [7, 11) is 1.66. The average molecular weight is 417 g/mol. The van der Waals surface area contributed by atoms with Gasteiger partial charge in [-0.15, -0.1) is 0 Å². The summed E-state index contributed by atoms with van der Waals surface area (Å²) < 4.78 is 2.25. The fourth-order valence-electron chi connectivity index (χ4n) is 3.61. The van der Waals surface area contributed by atoms with Gasteiger partial charge in [0.25, 0.3) is 11.5 Å². The molecule has 148 valence electrons. The van der Waals surface area contributed by atoms with Crippen LogP contribution < -0.4 is 10.5 Å². The molecule has 0 atom stereocenters. The number of nitriles is 1. The summed E-state index contributed by atoms with van der Waals surface area (Å²) in [6, 6.07) is 2.08. The lowest BCUT2D eigenvalue weighted by molar-refractivity contribution is -0.121. The normalized spacial score (nSPS) is 18.4. The van der Waals surface area contributed by atoms with Gasteiger partial charge in [-0.1, -0.05) is 37.3 Å². The largest absolute Gasteiger partial charge is 0.357 e. The molecule has 2 aliphatic rings. The molecule has 3 heterocycles. The van der Waals surface area contributed by atoms with E-state index in [-0.39, 0.29) is 17.0 Å². The lowest BCUT2D eigenvalue weighted by Crippen LogP contribution is -2.33. The topological polar surface area (TPSA) is 69.3 Å². The highest BCUT2D eigenvalue weighted by molar-refractivity contribution is 8.26. The summed E-state index contributed by atoms with van der Waals surface area (Å²) in [6.45, 7) is 6.17. The fourth-order valence-corrected chi connectivity index (χ4v) is 4.78. The van der Waals surface area contributed by atoms with Crippen molar-refractivity contribution in [1.29, 1.82) is 5.26 Å². The smallest absolute Gasteiger partial charge is 0.270 e. The minimum atomic E-state index is -0.240. The van der Waals surface area contributed by atoms with Gasteiger partial charge in [-0.05, 0) is 37.8 Å². The van der Waals surface area contributed by atoms with Gasteiger partial charge in [0.15, 0.2) is 0 Å². The second-order valence-corrected chi connectivity index (χ2v) is 8.77. The molecule has 3 rings (SSSR count). The van der Waals surface area contributed by atoms with Gasteiger partial charge in [-0.3, -0.25) is 19.1 Å². The highest BCUT2D eigenvalue weighted by atomic mass is 32.2. The molecule has 1 aromatic rings. The lowest BCUT2D eigenvalue weighted by Gasteiger charge is -2.27. The summed E-state index contributed by atoms with van der Waals surface area (Å²) in [5, 5.41) is 9.63. The Morgan fingerprint density at radius 3 is 2.50 bits per heavy atom. The maximum absolute atomic E-state index is 13.1. The molecule has 0 saturated carbocycles. The number of unbranched alkanes of at least 4 members (excludes halogenated alkanes) is 1. The minimum Gasteiger partial charge on any atom is -0.357 e. The molecule has 2 fully saturated rings. The number of pyridine rings is 1. The molecule has 0 aliphatic carbocycles. The zero-order valence-electron chi connectivity index (χ0n) is 16.4. The Labute approximate surface area is 174 Å². The molecule has 0 aromatic carbocycles. The van der Waals surface area contributed by atoms with Crippen LogP contribution in [0, 0.1) is 18.3 Å². The zero-order valence-corrected chi connectivity index (χ0v) is 18.1. The van der Waals surface area contributed by atoms with Gasteiger partial charge in [-0.25, -0.2) is 0 Å². The van der Waals surface area contributed by atoms with Crippen LogP contribution in [-0.4, -0.2) is 39.8 Å². The van der Waals surface area contributed by atoms with E-state index in [2.05, 4.69) is 17.9 Å². The van der Waals surface area contributed by atoms with Gasteiger partial charge in [-0.2, -0.15) is 5.26 Å². The van der Waals surface area contributed by atoms with Crippen LogP contribution in [-0.2, 0) is 11.3 Å². The molecule has 0 unspecified atom stereocenters. The molecule has 0 N–H and O–H groups in total. The third kappa shape index (κ3) is 3.61.